The molecule has 0 saturated carbocycles. The Morgan fingerprint density at radius 2 is 1.80 bits per heavy atom. The van der Waals surface area contributed by atoms with Crippen LogP contribution in [-0.4, -0.2) is 90.7 Å². The molecule has 0 aliphatic carbocycles. The number of carbonyl (C=O) groups excluding carboxylic acids is 1. The van der Waals surface area contributed by atoms with E-state index in [0.29, 0.717) is 82.1 Å². The molecular weight excluding hydrogens is 593 g/mol. The van der Waals surface area contributed by atoms with Crippen LogP contribution in [-0.2, 0) is 16.1 Å². The Kier molecular flexibility index (Phi) is 10.8. The third kappa shape index (κ3) is 7.67. The average Bonchev–Trinajstić information content (AvgIpc) is 3.05. The van der Waals surface area contributed by atoms with Gasteiger partial charge in [0.2, 0.25) is 5.91 Å². The van der Waals surface area contributed by atoms with E-state index in [0.717, 1.165) is 29.6 Å². The molecule has 1 aromatic heterocycles. The summed E-state index contributed by atoms with van der Waals surface area (Å²) in [6, 6.07) is 6.66. The van der Waals surface area contributed by atoms with E-state index in [1.807, 2.05) is 28.6 Å². The van der Waals surface area contributed by atoms with Gasteiger partial charge in [-0.3, -0.25) is 24.8 Å². The second kappa shape index (κ2) is 14.7. The molecule has 244 valence electrons. The Hall–Kier alpha value is -3.49. The minimum absolute atomic E-state index is 0.0398. The zero-order valence-corrected chi connectivity index (χ0v) is 25.2. The number of benzene rings is 2. The predicted molar refractivity (Wildman–Crippen MR) is 158 cm³/mol. The smallest absolute Gasteiger partial charge is 0.249 e. The Morgan fingerprint density at radius 1 is 1.09 bits per heavy atom. The summed E-state index contributed by atoms with van der Waals surface area (Å²) in [6.45, 7) is 4.58. The highest BCUT2D eigenvalue weighted by Gasteiger charge is 2.41. The van der Waals surface area contributed by atoms with Gasteiger partial charge in [0.15, 0.2) is 17.4 Å². The van der Waals surface area contributed by atoms with Crippen LogP contribution in [0, 0.1) is 22.9 Å². The number of morpholine rings is 1. The SMILES string of the molecule is COc1ccc2ncc(CN3CCOCC3)c([C@H](O)CCC3(C(=O)NO)CCN(CCOc4c(F)cc(F)cc4F)CC3)c2c1. The van der Waals surface area contributed by atoms with E-state index in [4.69, 9.17) is 14.2 Å². The van der Waals surface area contributed by atoms with Crippen LogP contribution in [0.5, 0.6) is 11.5 Å². The molecule has 3 aromatic rings. The molecule has 3 heterocycles. The van der Waals surface area contributed by atoms with Gasteiger partial charge >= 0.3 is 0 Å². The van der Waals surface area contributed by atoms with Crippen molar-refractivity contribution >= 4 is 16.8 Å². The minimum atomic E-state index is -1.11. The van der Waals surface area contributed by atoms with Crippen molar-refractivity contribution in [3.05, 3.63) is 65.1 Å². The predicted octanol–water partition coefficient (Wildman–Crippen LogP) is 3.97. The van der Waals surface area contributed by atoms with Gasteiger partial charge in [-0.2, -0.15) is 0 Å². The summed E-state index contributed by atoms with van der Waals surface area (Å²) < 4.78 is 57.2. The summed E-state index contributed by atoms with van der Waals surface area (Å²) in [5, 5.41) is 22.1. The van der Waals surface area contributed by atoms with Gasteiger partial charge in [-0.1, -0.05) is 0 Å². The van der Waals surface area contributed by atoms with Gasteiger partial charge in [-0.25, -0.2) is 18.7 Å². The van der Waals surface area contributed by atoms with E-state index >= 15 is 0 Å². The van der Waals surface area contributed by atoms with E-state index in [-0.39, 0.29) is 13.0 Å². The molecule has 2 fully saturated rings. The monoisotopic (exact) mass is 632 g/mol. The molecule has 0 bridgehead atoms. The van der Waals surface area contributed by atoms with Gasteiger partial charge in [0.05, 0.1) is 37.4 Å². The number of aromatic nitrogens is 1. The molecule has 0 unspecified atom stereocenters. The molecule has 2 aromatic carbocycles. The first-order chi connectivity index (χ1) is 21.7. The fourth-order valence-corrected chi connectivity index (χ4v) is 6.29. The van der Waals surface area contributed by atoms with E-state index in [1.54, 1.807) is 13.3 Å². The largest absolute Gasteiger partial charge is 0.497 e. The van der Waals surface area contributed by atoms with Crippen molar-refractivity contribution in [2.75, 3.05) is 59.7 Å². The second-order valence-electron chi connectivity index (χ2n) is 11.6. The summed E-state index contributed by atoms with van der Waals surface area (Å²) in [5.74, 6) is -3.77. The number of aliphatic hydroxyl groups is 1. The van der Waals surface area contributed by atoms with Crippen LogP contribution in [0.4, 0.5) is 13.2 Å². The van der Waals surface area contributed by atoms with Crippen molar-refractivity contribution in [3.8, 4) is 11.5 Å². The van der Waals surface area contributed by atoms with Gasteiger partial charge in [0, 0.05) is 49.9 Å². The first-order valence-electron chi connectivity index (χ1n) is 15.1. The maximum Gasteiger partial charge on any atom is 0.249 e. The molecule has 2 aliphatic heterocycles. The van der Waals surface area contributed by atoms with E-state index < -0.39 is 40.6 Å². The second-order valence-corrected chi connectivity index (χ2v) is 11.6. The standard InChI is InChI=1S/C32H39F3N4O6/c1-43-23-2-3-27-24(18-23)29(21(19-36-27)20-39-10-13-44-14-11-39)28(40)4-5-32(31(41)37-42)6-8-38(9-7-32)12-15-45-30-25(34)16-22(33)17-26(30)35/h2-3,16-19,28,40,42H,4-15,20H2,1H3,(H,37,41)/t28-/m1/s1. The lowest BCUT2D eigenvalue weighted by molar-refractivity contribution is -0.144. The molecule has 0 radical (unpaired) electrons. The van der Waals surface area contributed by atoms with Gasteiger partial charge in [0.25, 0.3) is 0 Å². The number of fused-ring (bicyclic) bond motifs is 1. The molecule has 5 rings (SSSR count). The first-order valence-corrected chi connectivity index (χ1v) is 15.1. The number of hydrogen-bond donors (Lipinski definition) is 3. The van der Waals surface area contributed by atoms with E-state index in [2.05, 4.69) is 9.88 Å². The fraction of sp³-hybridized carbons (Fsp3) is 0.500. The summed E-state index contributed by atoms with van der Waals surface area (Å²) in [4.78, 5) is 21.9. The lowest BCUT2D eigenvalue weighted by Gasteiger charge is -2.40. The lowest BCUT2D eigenvalue weighted by Crippen LogP contribution is -2.49. The number of methoxy groups -OCH3 is 1. The van der Waals surface area contributed by atoms with Crippen LogP contribution >= 0.6 is 0 Å². The maximum atomic E-state index is 13.9. The number of carbonyl (C=O) groups is 1. The number of likely N-dealkylation sites (tertiary alicyclic amines) is 1. The number of piperidine rings is 1. The molecule has 1 amide bonds. The molecule has 10 nitrogen and oxygen atoms in total. The molecule has 2 saturated heterocycles. The topological polar surface area (TPSA) is 117 Å². The van der Waals surface area contributed by atoms with Crippen molar-refractivity contribution in [1.29, 1.82) is 0 Å². The van der Waals surface area contributed by atoms with Crippen LogP contribution in [0.1, 0.15) is 42.9 Å². The van der Waals surface area contributed by atoms with Crippen molar-refractivity contribution in [3.63, 3.8) is 0 Å². The van der Waals surface area contributed by atoms with Crippen LogP contribution in [0.25, 0.3) is 10.9 Å². The zero-order chi connectivity index (χ0) is 32.0. The van der Waals surface area contributed by atoms with Gasteiger partial charge < -0.3 is 19.3 Å². The highest BCUT2D eigenvalue weighted by Crippen LogP contribution is 2.40. The quantitative estimate of drug-likeness (QED) is 0.202. The van der Waals surface area contributed by atoms with Crippen molar-refractivity contribution < 1.29 is 42.5 Å². The number of pyridine rings is 1. The van der Waals surface area contributed by atoms with Crippen molar-refractivity contribution in [1.82, 2.24) is 20.3 Å². The molecule has 45 heavy (non-hydrogen) atoms. The maximum absolute atomic E-state index is 13.9. The zero-order valence-electron chi connectivity index (χ0n) is 25.2. The number of amides is 1. The number of hydrogen-bond acceptors (Lipinski definition) is 9. The Bertz CT molecular complexity index is 1460. The highest BCUT2D eigenvalue weighted by atomic mass is 19.1. The summed E-state index contributed by atoms with van der Waals surface area (Å²) in [6.07, 6.45) is 2.21. The first kappa shape index (κ1) is 32.9. The average molecular weight is 633 g/mol. The number of aliphatic hydroxyl groups excluding tert-OH is 1. The van der Waals surface area contributed by atoms with Crippen LogP contribution in [0.3, 0.4) is 0 Å². The van der Waals surface area contributed by atoms with Gasteiger partial charge in [-0.05, 0) is 68.1 Å². The third-order valence-corrected chi connectivity index (χ3v) is 8.94. The number of nitrogens with zero attached hydrogens (tertiary/aromatic N) is 3. The molecule has 0 spiro atoms. The van der Waals surface area contributed by atoms with Crippen molar-refractivity contribution in [2.24, 2.45) is 5.41 Å². The normalized spacial score (nSPS) is 18.1. The lowest BCUT2D eigenvalue weighted by atomic mass is 9.73. The highest BCUT2D eigenvalue weighted by molar-refractivity contribution is 5.85. The van der Waals surface area contributed by atoms with Crippen LogP contribution in [0.15, 0.2) is 36.5 Å². The van der Waals surface area contributed by atoms with Gasteiger partial charge in [0.1, 0.15) is 18.2 Å². The van der Waals surface area contributed by atoms with E-state index in [1.165, 1.54) is 0 Å². The molecule has 13 heteroatoms. The summed E-state index contributed by atoms with van der Waals surface area (Å²) in [7, 11) is 1.58. The Morgan fingerprint density at radius 3 is 2.47 bits per heavy atom. The number of halogens is 3. The number of ether oxygens (including phenoxy) is 3. The van der Waals surface area contributed by atoms with Crippen LogP contribution in [0.2, 0.25) is 0 Å². The molecule has 2 aliphatic rings. The molecule has 1 atom stereocenters. The number of rotatable bonds is 12. The summed E-state index contributed by atoms with van der Waals surface area (Å²) >= 11 is 0. The molecular formula is C32H39F3N4O6. The Labute approximate surface area is 259 Å². The fourth-order valence-electron chi connectivity index (χ4n) is 6.29. The summed E-state index contributed by atoms with van der Waals surface area (Å²) in [5.41, 5.74) is 3.22. The van der Waals surface area contributed by atoms with Gasteiger partial charge in [-0.15, -0.1) is 0 Å². The van der Waals surface area contributed by atoms with Crippen molar-refractivity contribution in [2.45, 2.75) is 38.3 Å². The van der Waals surface area contributed by atoms with Crippen LogP contribution < -0.4 is 15.0 Å². The third-order valence-electron chi connectivity index (χ3n) is 8.94. The van der Waals surface area contributed by atoms with E-state index in [9.17, 15) is 28.3 Å². The number of hydroxylamine groups is 1. The molecule has 3 N–H and O–H groups in total. The Balaban J connectivity index is 1.27. The minimum Gasteiger partial charge on any atom is -0.497 e. The number of nitrogens with one attached hydrogen (secondary N) is 1.